The molecular formula is C18H27O2PS. The molecule has 0 heterocycles. The summed E-state index contributed by atoms with van der Waals surface area (Å²) in [6.07, 6.45) is 13.8. The highest BCUT2D eigenvalue weighted by molar-refractivity contribution is 7.79. The second-order valence-electron chi connectivity index (χ2n) is 6.74. The molecule has 2 fully saturated rings. The summed E-state index contributed by atoms with van der Waals surface area (Å²) in [6.45, 7) is 0. The maximum Gasteiger partial charge on any atom is 0.186 e. The molecule has 122 valence electrons. The van der Waals surface area contributed by atoms with Crippen molar-refractivity contribution in [1.29, 1.82) is 0 Å². The highest BCUT2D eigenvalue weighted by atomic mass is 32.2. The van der Waals surface area contributed by atoms with Gasteiger partial charge in [0.15, 0.2) is 11.1 Å². The molecule has 2 aliphatic carbocycles. The smallest absolute Gasteiger partial charge is 0.186 e. The number of hydrogen-bond acceptors (Lipinski definition) is 1. The van der Waals surface area contributed by atoms with Crippen LogP contribution in [0.2, 0.25) is 0 Å². The molecule has 4 heteroatoms. The van der Waals surface area contributed by atoms with Crippen LogP contribution in [0.15, 0.2) is 29.2 Å². The SMILES string of the molecule is O=S(O)c1cccc(P(C2CCCCC2)C2CCCCC2)c1. The van der Waals surface area contributed by atoms with Crippen LogP contribution in [0, 0.1) is 0 Å². The molecule has 0 radical (unpaired) electrons. The lowest BCUT2D eigenvalue weighted by Gasteiger charge is -2.38. The summed E-state index contributed by atoms with van der Waals surface area (Å²) < 4.78 is 20.9. The van der Waals surface area contributed by atoms with E-state index in [4.69, 9.17) is 0 Å². The van der Waals surface area contributed by atoms with E-state index in [2.05, 4.69) is 6.07 Å². The Bertz CT molecular complexity index is 490. The van der Waals surface area contributed by atoms with Crippen LogP contribution in [0.1, 0.15) is 64.2 Å². The fourth-order valence-corrected chi connectivity index (χ4v) is 8.53. The van der Waals surface area contributed by atoms with Crippen molar-refractivity contribution < 1.29 is 8.76 Å². The van der Waals surface area contributed by atoms with Crippen molar-refractivity contribution in [2.45, 2.75) is 80.4 Å². The van der Waals surface area contributed by atoms with Gasteiger partial charge in [-0.15, -0.1) is 0 Å². The Morgan fingerprint density at radius 2 is 1.45 bits per heavy atom. The van der Waals surface area contributed by atoms with Gasteiger partial charge in [-0.1, -0.05) is 58.6 Å². The normalized spacial score (nSPS) is 22.8. The van der Waals surface area contributed by atoms with Crippen LogP contribution in [0.3, 0.4) is 0 Å². The minimum atomic E-state index is -1.86. The molecule has 1 unspecified atom stereocenters. The third-order valence-corrected chi connectivity index (χ3v) is 9.39. The summed E-state index contributed by atoms with van der Waals surface area (Å²) in [6, 6.07) is 8.03. The first kappa shape index (κ1) is 16.6. The zero-order valence-corrected chi connectivity index (χ0v) is 15.0. The van der Waals surface area contributed by atoms with E-state index in [0.717, 1.165) is 11.3 Å². The van der Waals surface area contributed by atoms with Crippen LogP contribution in [0.4, 0.5) is 0 Å². The van der Waals surface area contributed by atoms with Crippen molar-refractivity contribution in [3.8, 4) is 0 Å². The van der Waals surface area contributed by atoms with E-state index in [9.17, 15) is 8.76 Å². The summed E-state index contributed by atoms with van der Waals surface area (Å²) in [5.41, 5.74) is 1.68. The van der Waals surface area contributed by atoms with Crippen molar-refractivity contribution in [3.63, 3.8) is 0 Å². The molecule has 0 amide bonds. The molecule has 1 N–H and O–H groups in total. The maximum absolute atomic E-state index is 11.4. The molecule has 0 aliphatic heterocycles. The lowest BCUT2D eigenvalue weighted by atomic mass is 9.99. The summed E-state index contributed by atoms with van der Waals surface area (Å²) in [5, 5.41) is 1.38. The first-order chi connectivity index (χ1) is 10.8. The van der Waals surface area contributed by atoms with E-state index in [-0.39, 0.29) is 7.92 Å². The van der Waals surface area contributed by atoms with Crippen molar-refractivity contribution >= 4 is 24.3 Å². The summed E-state index contributed by atoms with van der Waals surface area (Å²) in [7, 11) is -0.179. The third kappa shape index (κ3) is 3.99. The van der Waals surface area contributed by atoms with Gasteiger partial charge in [0, 0.05) is 0 Å². The molecule has 1 aromatic rings. The quantitative estimate of drug-likeness (QED) is 0.617. The van der Waals surface area contributed by atoms with Gasteiger partial charge >= 0.3 is 0 Å². The van der Waals surface area contributed by atoms with Crippen molar-refractivity contribution in [3.05, 3.63) is 24.3 Å². The Hall–Kier alpha value is -0.240. The topological polar surface area (TPSA) is 37.3 Å². The van der Waals surface area contributed by atoms with Gasteiger partial charge in [-0.3, -0.25) is 0 Å². The van der Waals surface area contributed by atoms with Crippen LogP contribution < -0.4 is 5.30 Å². The fourth-order valence-electron chi connectivity index (χ4n) is 4.19. The van der Waals surface area contributed by atoms with Gasteiger partial charge in [0.25, 0.3) is 0 Å². The molecular weight excluding hydrogens is 311 g/mol. The van der Waals surface area contributed by atoms with E-state index in [0.29, 0.717) is 4.90 Å². The molecule has 22 heavy (non-hydrogen) atoms. The average Bonchev–Trinajstić information content (AvgIpc) is 2.57. The van der Waals surface area contributed by atoms with Gasteiger partial charge in [-0.25, -0.2) is 4.21 Å². The predicted octanol–water partition coefficient (Wildman–Crippen LogP) is 5.04. The lowest BCUT2D eigenvalue weighted by Crippen LogP contribution is -2.26. The van der Waals surface area contributed by atoms with Crippen LogP contribution in [-0.2, 0) is 11.1 Å². The Kier molecular flexibility index (Phi) is 6.07. The summed E-state index contributed by atoms with van der Waals surface area (Å²) in [5.74, 6) is 0. The Labute approximate surface area is 138 Å². The van der Waals surface area contributed by atoms with Crippen molar-refractivity contribution in [2.24, 2.45) is 0 Å². The maximum atomic E-state index is 11.4. The fraction of sp³-hybridized carbons (Fsp3) is 0.667. The first-order valence-corrected chi connectivity index (χ1v) is 11.3. The molecule has 2 aliphatic rings. The molecule has 0 saturated heterocycles. The van der Waals surface area contributed by atoms with E-state index in [1.54, 1.807) is 6.07 Å². The average molecular weight is 338 g/mol. The lowest BCUT2D eigenvalue weighted by molar-refractivity contribution is 0.487. The van der Waals surface area contributed by atoms with Crippen LogP contribution in [0.25, 0.3) is 0 Å². The van der Waals surface area contributed by atoms with E-state index in [1.807, 2.05) is 12.1 Å². The first-order valence-electron chi connectivity index (χ1n) is 8.75. The molecule has 3 rings (SSSR count). The van der Waals surface area contributed by atoms with Gasteiger partial charge in [0.05, 0.1) is 4.90 Å². The van der Waals surface area contributed by atoms with Gasteiger partial charge in [0.1, 0.15) is 0 Å². The zero-order valence-electron chi connectivity index (χ0n) is 13.2. The summed E-state index contributed by atoms with van der Waals surface area (Å²) in [4.78, 5) is 0.580. The van der Waals surface area contributed by atoms with E-state index >= 15 is 0 Å². The van der Waals surface area contributed by atoms with Gasteiger partial charge in [0.2, 0.25) is 0 Å². The molecule has 2 nitrogen and oxygen atoms in total. The molecule has 1 aromatic carbocycles. The number of rotatable bonds is 4. The largest absolute Gasteiger partial charge is 0.302 e. The van der Waals surface area contributed by atoms with Crippen molar-refractivity contribution in [1.82, 2.24) is 0 Å². The van der Waals surface area contributed by atoms with Gasteiger partial charge < -0.3 is 4.55 Å². The number of hydrogen-bond donors (Lipinski definition) is 1. The van der Waals surface area contributed by atoms with Crippen LogP contribution >= 0.6 is 7.92 Å². The Balaban J connectivity index is 1.89. The minimum Gasteiger partial charge on any atom is -0.302 e. The molecule has 0 aromatic heterocycles. The molecule has 2 saturated carbocycles. The predicted molar refractivity (Wildman–Crippen MR) is 95.8 cm³/mol. The van der Waals surface area contributed by atoms with Gasteiger partial charge in [-0.05, 0) is 54.4 Å². The zero-order chi connectivity index (χ0) is 15.4. The Morgan fingerprint density at radius 3 is 1.95 bits per heavy atom. The van der Waals surface area contributed by atoms with Crippen LogP contribution in [-0.4, -0.2) is 20.1 Å². The summed E-state index contributed by atoms with van der Waals surface area (Å²) >= 11 is -1.86. The van der Waals surface area contributed by atoms with E-state index in [1.165, 1.54) is 69.5 Å². The Morgan fingerprint density at radius 1 is 0.909 bits per heavy atom. The molecule has 0 spiro atoms. The highest BCUT2D eigenvalue weighted by Crippen LogP contribution is 2.54. The standard InChI is InChI=1S/C18H27O2PS/c19-22(20)18-13-7-12-17(14-18)21(15-8-3-1-4-9-15)16-10-5-2-6-11-16/h7,12-16H,1-6,8-11H2,(H,19,20). The second-order valence-corrected chi connectivity index (χ2v) is 10.5. The highest BCUT2D eigenvalue weighted by Gasteiger charge is 2.32. The number of benzene rings is 1. The van der Waals surface area contributed by atoms with Gasteiger partial charge in [-0.2, -0.15) is 0 Å². The monoisotopic (exact) mass is 338 g/mol. The van der Waals surface area contributed by atoms with Crippen LogP contribution in [0.5, 0.6) is 0 Å². The third-order valence-electron chi connectivity index (χ3n) is 5.25. The molecule has 1 atom stereocenters. The molecule has 0 bridgehead atoms. The minimum absolute atomic E-state index is 0.179. The second kappa shape index (κ2) is 8.04. The van der Waals surface area contributed by atoms with Crippen molar-refractivity contribution in [2.75, 3.05) is 0 Å². The van der Waals surface area contributed by atoms with E-state index < -0.39 is 11.1 Å².